The van der Waals surface area contributed by atoms with Crippen molar-refractivity contribution >= 4 is 34.4 Å². The predicted molar refractivity (Wildman–Crippen MR) is 179 cm³/mol. The molecule has 0 radical (unpaired) electrons. The lowest BCUT2D eigenvalue weighted by atomic mass is 10.1. The van der Waals surface area contributed by atoms with Crippen LogP contribution in [0, 0.1) is 0 Å². The van der Waals surface area contributed by atoms with Gasteiger partial charge in [-0.1, -0.05) is 78.9 Å². The summed E-state index contributed by atoms with van der Waals surface area (Å²) in [6.07, 6.45) is 0.656. The average molecular weight is 586 g/mol. The van der Waals surface area contributed by atoms with Gasteiger partial charge in [0.2, 0.25) is 5.91 Å². The molecule has 4 nitrogen and oxygen atoms in total. The maximum absolute atomic E-state index is 12.6. The first kappa shape index (κ1) is 28.9. The fraction of sp³-hybridized carbons (Fsp3) is 0.184. The average Bonchev–Trinajstić information content (AvgIpc) is 3.25. The number of hydrogen-bond donors (Lipinski definition) is 1. The van der Waals surface area contributed by atoms with E-state index in [4.69, 9.17) is 4.74 Å². The van der Waals surface area contributed by atoms with E-state index in [2.05, 4.69) is 133 Å². The second-order valence-corrected chi connectivity index (χ2v) is 15.0. The Kier molecular flexibility index (Phi) is 8.17. The van der Waals surface area contributed by atoms with Crippen LogP contribution in [0.4, 0.5) is 0 Å². The summed E-state index contributed by atoms with van der Waals surface area (Å²) in [5.74, 6) is 0.947. The van der Waals surface area contributed by atoms with Gasteiger partial charge in [-0.05, 0) is 92.1 Å². The molecule has 0 bridgehead atoms. The molecule has 0 aliphatic carbocycles. The molecule has 1 aliphatic heterocycles. The van der Waals surface area contributed by atoms with Crippen molar-refractivity contribution in [1.82, 2.24) is 10.2 Å². The number of benzene rings is 5. The maximum Gasteiger partial charge on any atom is 0.241 e. The van der Waals surface area contributed by atoms with Gasteiger partial charge in [0.15, 0.2) is 0 Å². The maximum atomic E-state index is 12.6. The molecule has 1 N–H and O–H groups in total. The number of carbonyl (C=O) groups excluding carboxylic acids is 1. The Morgan fingerprint density at radius 3 is 1.53 bits per heavy atom. The third-order valence-electron chi connectivity index (χ3n) is 8.52. The third kappa shape index (κ3) is 5.73. The number of nitrogens with zero attached hydrogens (tertiary/aromatic N) is 1. The minimum Gasteiger partial charge on any atom is -0.489 e. The van der Waals surface area contributed by atoms with Crippen LogP contribution in [-0.4, -0.2) is 29.6 Å². The van der Waals surface area contributed by atoms with E-state index in [9.17, 15) is 4.79 Å². The molecule has 1 atom stereocenters. The molecule has 0 spiro atoms. The van der Waals surface area contributed by atoms with E-state index in [1.807, 2.05) is 33.0 Å². The first-order valence-electron chi connectivity index (χ1n) is 14.8. The summed E-state index contributed by atoms with van der Waals surface area (Å²) in [6, 6.07) is 49.6. The lowest BCUT2D eigenvalue weighted by Crippen LogP contribution is -2.45. The van der Waals surface area contributed by atoms with Crippen LogP contribution in [0.15, 0.2) is 140 Å². The Morgan fingerprint density at radius 1 is 0.651 bits per heavy atom. The first-order valence-corrected chi connectivity index (χ1v) is 16.6. The van der Waals surface area contributed by atoms with Gasteiger partial charge in [0, 0.05) is 7.05 Å². The lowest BCUT2D eigenvalue weighted by molar-refractivity contribution is -0.129. The minimum atomic E-state index is -2.11. The van der Waals surface area contributed by atoms with Crippen LogP contribution in [0.2, 0.25) is 0 Å². The molecule has 1 fully saturated rings. The molecule has 1 aliphatic rings. The molecule has 5 aromatic rings. The number of carbonyl (C=O) groups is 1. The van der Waals surface area contributed by atoms with E-state index < -0.39 is 7.26 Å². The molecule has 1 amide bonds. The highest BCUT2D eigenvalue weighted by Crippen LogP contribution is 2.54. The van der Waals surface area contributed by atoms with Gasteiger partial charge in [-0.25, -0.2) is 0 Å². The van der Waals surface area contributed by atoms with Gasteiger partial charge < -0.3 is 9.64 Å². The summed E-state index contributed by atoms with van der Waals surface area (Å²) >= 11 is 0. The van der Waals surface area contributed by atoms with Crippen LogP contribution in [0.25, 0.3) is 0 Å². The summed E-state index contributed by atoms with van der Waals surface area (Å²) in [7, 11) is -0.258. The number of nitrogens with one attached hydrogen (secondary N) is 1. The van der Waals surface area contributed by atoms with E-state index in [1.54, 1.807) is 4.90 Å². The van der Waals surface area contributed by atoms with Crippen molar-refractivity contribution in [3.63, 3.8) is 0 Å². The molecule has 0 aromatic heterocycles. The Hall–Kier alpha value is -4.24. The molecular formula is C38H38N2O2P+. The quantitative estimate of drug-likeness (QED) is 0.229. The van der Waals surface area contributed by atoms with Crippen LogP contribution >= 0.6 is 7.26 Å². The molecular weight excluding hydrogens is 547 g/mol. The molecule has 0 unspecified atom stereocenters. The second-order valence-electron chi connectivity index (χ2n) is 11.6. The van der Waals surface area contributed by atoms with Gasteiger partial charge in [0.05, 0.1) is 11.7 Å². The molecule has 216 valence electrons. The van der Waals surface area contributed by atoms with E-state index in [-0.39, 0.29) is 17.6 Å². The smallest absolute Gasteiger partial charge is 0.241 e. The molecule has 0 saturated carbocycles. The number of hydrogen-bond acceptors (Lipinski definition) is 3. The van der Waals surface area contributed by atoms with Crippen LogP contribution in [-0.2, 0) is 17.8 Å². The zero-order valence-electron chi connectivity index (χ0n) is 25.0. The zero-order chi connectivity index (χ0) is 29.9. The number of amides is 1. The van der Waals surface area contributed by atoms with Crippen molar-refractivity contribution in [3.8, 4) is 5.75 Å². The Labute approximate surface area is 255 Å². The summed E-state index contributed by atoms with van der Waals surface area (Å²) in [6.45, 7) is 4.54. The fourth-order valence-electron chi connectivity index (χ4n) is 6.02. The van der Waals surface area contributed by atoms with Crippen LogP contribution in [0.1, 0.15) is 25.0 Å². The highest BCUT2D eigenvalue weighted by Gasteiger charge is 2.47. The fourth-order valence-corrected chi connectivity index (χ4v) is 10.3. The van der Waals surface area contributed by atoms with Gasteiger partial charge in [-0.3, -0.25) is 10.1 Å². The van der Waals surface area contributed by atoms with Gasteiger partial charge in [0.1, 0.15) is 40.8 Å². The SMILES string of the molecule is CN1C(=O)[C@H](Cc2ccc(OCc3ccc([P+](c4ccccc4)(c4ccccc4)c4ccccc4)cc3)cc2)NC1(C)C. The summed E-state index contributed by atoms with van der Waals surface area (Å²) in [4.78, 5) is 14.4. The molecule has 5 heteroatoms. The standard InChI is InChI=1S/C38H38N2O2P/c1-38(2)39-36(37(41)40(38)3)27-29-19-23-31(24-20-29)42-28-30-21-25-35(26-22-30)43(32-13-7-4-8-14-32,33-15-9-5-10-16-33)34-17-11-6-12-18-34/h4-26,36,39H,27-28H2,1-3H3/q+1/t36-/m0/s1. The normalized spacial score (nSPS) is 16.3. The van der Waals surface area contributed by atoms with Crippen LogP contribution in [0.3, 0.4) is 0 Å². The van der Waals surface area contributed by atoms with Crippen molar-refractivity contribution in [2.24, 2.45) is 0 Å². The molecule has 1 heterocycles. The van der Waals surface area contributed by atoms with Gasteiger partial charge in [-0.2, -0.15) is 0 Å². The number of ether oxygens (including phenoxy) is 1. The Balaban J connectivity index is 1.22. The highest BCUT2D eigenvalue weighted by atomic mass is 31.2. The molecule has 6 rings (SSSR count). The van der Waals surface area contributed by atoms with Crippen LogP contribution in [0.5, 0.6) is 5.75 Å². The third-order valence-corrected chi connectivity index (χ3v) is 12.8. The van der Waals surface area contributed by atoms with Crippen molar-refractivity contribution < 1.29 is 9.53 Å². The van der Waals surface area contributed by atoms with E-state index in [0.717, 1.165) is 16.9 Å². The Bertz CT molecular complexity index is 1560. The Morgan fingerprint density at radius 2 is 1.09 bits per heavy atom. The number of likely N-dealkylation sites (N-methyl/N-ethyl adjacent to an activating group) is 1. The summed E-state index contributed by atoms with van der Waals surface area (Å²) < 4.78 is 6.19. The largest absolute Gasteiger partial charge is 0.489 e. The van der Waals surface area contributed by atoms with Crippen molar-refractivity contribution in [2.45, 2.75) is 38.6 Å². The molecule has 5 aromatic carbocycles. The van der Waals surface area contributed by atoms with E-state index in [0.29, 0.717) is 13.0 Å². The van der Waals surface area contributed by atoms with Crippen molar-refractivity contribution in [3.05, 3.63) is 151 Å². The predicted octanol–water partition coefficient (Wildman–Crippen LogP) is 5.59. The number of rotatable bonds is 9. The van der Waals surface area contributed by atoms with Crippen molar-refractivity contribution in [2.75, 3.05) is 7.05 Å². The molecule has 1 saturated heterocycles. The first-order chi connectivity index (χ1) is 20.9. The zero-order valence-corrected chi connectivity index (χ0v) is 25.9. The molecule has 43 heavy (non-hydrogen) atoms. The summed E-state index contributed by atoms with van der Waals surface area (Å²) in [5.41, 5.74) is 1.90. The minimum absolute atomic E-state index is 0.132. The van der Waals surface area contributed by atoms with Gasteiger partial charge in [0.25, 0.3) is 0 Å². The van der Waals surface area contributed by atoms with E-state index >= 15 is 0 Å². The van der Waals surface area contributed by atoms with Gasteiger partial charge >= 0.3 is 0 Å². The summed E-state index contributed by atoms with van der Waals surface area (Å²) in [5, 5.41) is 8.75. The van der Waals surface area contributed by atoms with E-state index in [1.165, 1.54) is 21.2 Å². The monoisotopic (exact) mass is 585 g/mol. The second kappa shape index (κ2) is 12.2. The lowest BCUT2D eigenvalue weighted by Gasteiger charge is -2.27. The van der Waals surface area contributed by atoms with Crippen molar-refractivity contribution in [1.29, 1.82) is 0 Å². The topological polar surface area (TPSA) is 41.6 Å². The van der Waals surface area contributed by atoms with Crippen LogP contribution < -0.4 is 31.3 Å². The highest BCUT2D eigenvalue weighted by molar-refractivity contribution is 8.01. The van der Waals surface area contributed by atoms with Gasteiger partial charge in [-0.15, -0.1) is 0 Å².